The SMILES string of the molecule is O=C1CCC(N2C(=O)c3cccc(-c4cccc(CN5CCC(C6CCN(C(=O)CCC(F)(F)F)CC6)CC5)c4)c3C2=O)C(=O)N1. The lowest BCUT2D eigenvalue weighted by atomic mass is 9.78. The topological polar surface area (TPSA) is 107 Å². The first-order chi connectivity index (χ1) is 22.0. The number of benzene rings is 2. The van der Waals surface area contributed by atoms with Crippen LogP contribution in [0.5, 0.6) is 0 Å². The predicted molar refractivity (Wildman–Crippen MR) is 161 cm³/mol. The average molecular weight is 639 g/mol. The minimum atomic E-state index is -4.31. The molecule has 1 atom stereocenters. The summed E-state index contributed by atoms with van der Waals surface area (Å²) in [6.07, 6.45) is -2.01. The van der Waals surface area contributed by atoms with E-state index in [9.17, 15) is 37.1 Å². The molecule has 4 heterocycles. The van der Waals surface area contributed by atoms with Gasteiger partial charge in [0.25, 0.3) is 11.8 Å². The van der Waals surface area contributed by atoms with Crippen LogP contribution in [-0.4, -0.2) is 82.6 Å². The van der Waals surface area contributed by atoms with E-state index in [1.807, 2.05) is 24.3 Å². The number of amides is 5. The van der Waals surface area contributed by atoms with E-state index in [0.717, 1.165) is 61.3 Å². The summed E-state index contributed by atoms with van der Waals surface area (Å²) in [4.78, 5) is 68.1. The highest BCUT2D eigenvalue weighted by molar-refractivity contribution is 6.25. The number of piperidine rings is 3. The van der Waals surface area contributed by atoms with Crippen LogP contribution in [0.25, 0.3) is 11.1 Å². The summed E-state index contributed by atoms with van der Waals surface area (Å²) in [7, 11) is 0. The van der Waals surface area contributed by atoms with Crippen LogP contribution in [0.15, 0.2) is 42.5 Å². The van der Waals surface area contributed by atoms with Crippen molar-refractivity contribution >= 4 is 29.5 Å². The van der Waals surface area contributed by atoms with Gasteiger partial charge in [0.1, 0.15) is 6.04 Å². The monoisotopic (exact) mass is 638 g/mol. The number of alkyl halides is 3. The van der Waals surface area contributed by atoms with Crippen LogP contribution in [0, 0.1) is 11.8 Å². The lowest BCUT2D eigenvalue weighted by molar-refractivity contribution is -0.150. The van der Waals surface area contributed by atoms with Crippen LogP contribution in [0.3, 0.4) is 0 Å². The Morgan fingerprint density at radius 1 is 0.826 bits per heavy atom. The van der Waals surface area contributed by atoms with Crippen molar-refractivity contribution < 1.29 is 37.1 Å². The summed E-state index contributed by atoms with van der Waals surface area (Å²) >= 11 is 0. The van der Waals surface area contributed by atoms with Crippen LogP contribution in [0.4, 0.5) is 13.2 Å². The molecule has 5 amide bonds. The zero-order valence-electron chi connectivity index (χ0n) is 25.5. The van der Waals surface area contributed by atoms with E-state index in [-0.39, 0.29) is 24.0 Å². The molecular weight excluding hydrogens is 601 g/mol. The minimum absolute atomic E-state index is 0.0601. The van der Waals surface area contributed by atoms with Gasteiger partial charge in [0.05, 0.1) is 17.5 Å². The summed E-state index contributed by atoms with van der Waals surface area (Å²) < 4.78 is 37.5. The maximum Gasteiger partial charge on any atom is 0.389 e. The fourth-order valence-electron chi connectivity index (χ4n) is 7.46. The number of halogens is 3. The molecule has 12 heteroatoms. The fourth-order valence-corrected chi connectivity index (χ4v) is 7.46. The van der Waals surface area contributed by atoms with Gasteiger partial charge in [-0.1, -0.05) is 30.3 Å². The molecule has 2 aromatic carbocycles. The van der Waals surface area contributed by atoms with Crippen LogP contribution in [-0.2, 0) is 20.9 Å². The Hall–Kier alpha value is -4.06. The quantitative estimate of drug-likeness (QED) is 0.447. The van der Waals surface area contributed by atoms with Gasteiger partial charge in [-0.25, -0.2) is 0 Å². The molecule has 0 bridgehead atoms. The Morgan fingerprint density at radius 2 is 1.48 bits per heavy atom. The number of hydrogen-bond acceptors (Lipinski definition) is 6. The van der Waals surface area contributed by atoms with Crippen molar-refractivity contribution in [1.29, 1.82) is 0 Å². The predicted octanol–water partition coefficient (Wildman–Crippen LogP) is 4.55. The maximum absolute atomic E-state index is 13.6. The Morgan fingerprint density at radius 3 is 2.15 bits per heavy atom. The van der Waals surface area contributed by atoms with E-state index in [1.54, 1.807) is 23.1 Å². The van der Waals surface area contributed by atoms with E-state index < -0.39 is 54.6 Å². The molecule has 1 N–H and O–H groups in total. The second kappa shape index (κ2) is 13.0. The molecule has 9 nitrogen and oxygen atoms in total. The van der Waals surface area contributed by atoms with E-state index in [2.05, 4.69) is 10.2 Å². The lowest BCUT2D eigenvalue weighted by Gasteiger charge is -2.40. The van der Waals surface area contributed by atoms with Gasteiger partial charge in [0.15, 0.2) is 0 Å². The molecule has 4 aliphatic rings. The molecule has 1 unspecified atom stereocenters. The van der Waals surface area contributed by atoms with E-state index in [1.165, 1.54) is 0 Å². The largest absolute Gasteiger partial charge is 0.389 e. The van der Waals surface area contributed by atoms with Crippen molar-refractivity contribution in [1.82, 2.24) is 20.0 Å². The van der Waals surface area contributed by atoms with E-state index in [0.29, 0.717) is 30.5 Å². The van der Waals surface area contributed by atoms with Gasteiger partial charge in [-0.3, -0.25) is 39.1 Å². The molecule has 0 radical (unpaired) electrons. The zero-order valence-corrected chi connectivity index (χ0v) is 25.5. The number of likely N-dealkylation sites (tertiary alicyclic amines) is 2. The van der Waals surface area contributed by atoms with Crippen molar-refractivity contribution in [3.05, 3.63) is 59.2 Å². The summed E-state index contributed by atoms with van der Waals surface area (Å²) in [6.45, 7) is 3.59. The smallest absolute Gasteiger partial charge is 0.343 e. The first-order valence-corrected chi connectivity index (χ1v) is 16.0. The Labute approximate surface area is 265 Å². The van der Waals surface area contributed by atoms with Gasteiger partial charge in [0.2, 0.25) is 17.7 Å². The van der Waals surface area contributed by atoms with Gasteiger partial charge in [-0.05, 0) is 85.9 Å². The van der Waals surface area contributed by atoms with Gasteiger partial charge in [-0.15, -0.1) is 0 Å². The molecule has 6 rings (SSSR count). The molecule has 0 spiro atoms. The highest BCUT2D eigenvalue weighted by Crippen LogP contribution is 2.36. The number of nitrogens with one attached hydrogen (secondary N) is 1. The summed E-state index contributed by atoms with van der Waals surface area (Å²) in [5.41, 5.74) is 3.00. The molecule has 4 aliphatic heterocycles. The first-order valence-electron chi connectivity index (χ1n) is 16.0. The van der Waals surface area contributed by atoms with Crippen molar-refractivity contribution in [3.8, 4) is 11.1 Å². The molecular formula is C34H37F3N4O5. The summed E-state index contributed by atoms with van der Waals surface area (Å²) in [5.74, 6) is -1.54. The van der Waals surface area contributed by atoms with Gasteiger partial charge in [0, 0.05) is 32.5 Å². The summed E-state index contributed by atoms with van der Waals surface area (Å²) in [6, 6.07) is 12.0. The number of carbonyl (C=O) groups is 5. The first kappa shape index (κ1) is 31.9. The zero-order chi connectivity index (χ0) is 32.6. The minimum Gasteiger partial charge on any atom is -0.343 e. The van der Waals surface area contributed by atoms with E-state index in [4.69, 9.17) is 0 Å². The standard InChI is InChI=1S/C34H37F3N4O5/c35-34(36,37)14-9-29(43)40-17-12-23(13-18-40)22-10-15-39(16-11-22)20-21-3-1-4-24(19-21)25-5-2-6-26-30(25)33(46)41(32(26)45)27-7-8-28(42)38-31(27)44/h1-6,19,22-23,27H,7-18,20H2,(H,38,42,44). The number of hydrogen-bond donors (Lipinski definition) is 1. The number of rotatable bonds is 7. The number of carbonyl (C=O) groups excluding carboxylic acids is 5. The van der Waals surface area contributed by atoms with E-state index >= 15 is 0 Å². The Bertz CT molecular complexity index is 1540. The van der Waals surface area contributed by atoms with Crippen LogP contribution < -0.4 is 5.32 Å². The van der Waals surface area contributed by atoms with Crippen LogP contribution >= 0.6 is 0 Å². The highest BCUT2D eigenvalue weighted by atomic mass is 19.4. The van der Waals surface area contributed by atoms with Crippen molar-refractivity contribution in [2.24, 2.45) is 11.8 Å². The molecule has 244 valence electrons. The molecule has 0 aliphatic carbocycles. The number of nitrogens with zero attached hydrogens (tertiary/aromatic N) is 3. The fraction of sp³-hybridized carbons (Fsp3) is 0.500. The molecule has 3 saturated heterocycles. The van der Waals surface area contributed by atoms with Crippen molar-refractivity contribution in [2.75, 3.05) is 26.2 Å². The molecule has 2 aromatic rings. The molecule has 0 aromatic heterocycles. The summed E-state index contributed by atoms with van der Waals surface area (Å²) in [5, 5.41) is 2.23. The molecule has 46 heavy (non-hydrogen) atoms. The average Bonchev–Trinajstić information content (AvgIpc) is 3.29. The lowest BCUT2D eigenvalue weighted by Crippen LogP contribution is -2.54. The van der Waals surface area contributed by atoms with Gasteiger partial charge >= 0.3 is 6.18 Å². The van der Waals surface area contributed by atoms with Crippen molar-refractivity contribution in [3.63, 3.8) is 0 Å². The third-order valence-electron chi connectivity index (χ3n) is 9.93. The second-order valence-corrected chi connectivity index (χ2v) is 12.8. The Balaban J connectivity index is 1.05. The van der Waals surface area contributed by atoms with Crippen LogP contribution in [0.2, 0.25) is 0 Å². The number of imide groups is 2. The Kier molecular flexibility index (Phi) is 9.00. The molecule has 0 saturated carbocycles. The van der Waals surface area contributed by atoms with Crippen molar-refractivity contribution in [2.45, 2.75) is 70.1 Å². The second-order valence-electron chi connectivity index (χ2n) is 12.8. The highest BCUT2D eigenvalue weighted by Gasteiger charge is 2.45. The normalized spacial score (nSPS) is 21.9. The van der Waals surface area contributed by atoms with Crippen LogP contribution in [0.1, 0.15) is 77.6 Å². The molecule has 3 fully saturated rings. The van der Waals surface area contributed by atoms with Gasteiger partial charge < -0.3 is 4.90 Å². The van der Waals surface area contributed by atoms with Gasteiger partial charge in [-0.2, -0.15) is 13.2 Å². The maximum atomic E-state index is 13.6. The number of fused-ring (bicyclic) bond motifs is 1. The third-order valence-corrected chi connectivity index (χ3v) is 9.93. The third kappa shape index (κ3) is 6.72.